The normalized spacial score (nSPS) is 19.5. The molecule has 2 N–H and O–H groups in total. The molecule has 182 valence electrons. The first kappa shape index (κ1) is 26.4. The lowest BCUT2D eigenvalue weighted by atomic mass is 10.1. The maximum absolute atomic E-state index is 10.4. The predicted octanol–water partition coefficient (Wildman–Crippen LogP) is 3.45. The molecule has 3 atom stereocenters. The molecule has 1 saturated heterocycles. The van der Waals surface area contributed by atoms with Crippen molar-refractivity contribution in [3.05, 3.63) is 69.7 Å². The van der Waals surface area contributed by atoms with Crippen LogP contribution in [0, 0.1) is 0 Å². The molecule has 1 heterocycles. The lowest BCUT2D eigenvalue weighted by Crippen LogP contribution is -2.55. The minimum Gasteiger partial charge on any atom is -0.389 e. The average Bonchev–Trinajstić information content (AvgIpc) is 2.78. The first-order chi connectivity index (χ1) is 15.9. The van der Waals surface area contributed by atoms with E-state index >= 15 is 0 Å². The lowest BCUT2D eigenvalue weighted by Gasteiger charge is -2.41. The Morgan fingerprint density at radius 2 is 1.30 bits per heavy atom. The van der Waals surface area contributed by atoms with E-state index in [4.69, 9.17) is 32.7 Å². The molecule has 1 fully saturated rings. The standard InChI is InChI=1S/C25H34Cl2N2O4/c1-19-12-28(13-24(30)17-32-15-20-2-6-22(26)7-3-20)10-11-29(19)14-25(31)18-33-16-21-4-8-23(27)9-5-21/h2-9,19,24-25,30-31H,10-18H2,1H3/t19-,24+,25-/m1/s1. The van der Waals surface area contributed by atoms with Crippen LogP contribution in [0.5, 0.6) is 0 Å². The van der Waals surface area contributed by atoms with Crippen LogP contribution < -0.4 is 0 Å². The van der Waals surface area contributed by atoms with Crippen LogP contribution in [0.1, 0.15) is 18.1 Å². The molecular weight excluding hydrogens is 463 g/mol. The second-order valence-electron chi connectivity index (χ2n) is 8.69. The highest BCUT2D eigenvalue weighted by atomic mass is 35.5. The summed E-state index contributed by atoms with van der Waals surface area (Å²) in [5.74, 6) is 0. The van der Waals surface area contributed by atoms with Crippen LogP contribution in [0.2, 0.25) is 10.0 Å². The number of hydrogen-bond acceptors (Lipinski definition) is 6. The van der Waals surface area contributed by atoms with Crippen LogP contribution in [0.4, 0.5) is 0 Å². The third-order valence-electron chi connectivity index (χ3n) is 5.75. The summed E-state index contributed by atoms with van der Waals surface area (Å²) < 4.78 is 11.3. The molecule has 0 spiro atoms. The number of β-amino-alcohol motifs (C(OH)–C–C–N with tert-alkyl or cyclic N) is 2. The fourth-order valence-electron chi connectivity index (χ4n) is 3.97. The van der Waals surface area contributed by atoms with Crippen molar-refractivity contribution in [1.82, 2.24) is 9.80 Å². The third kappa shape index (κ3) is 9.51. The van der Waals surface area contributed by atoms with Gasteiger partial charge in [-0.2, -0.15) is 0 Å². The number of halogens is 2. The Hall–Kier alpha value is -1.22. The highest BCUT2D eigenvalue weighted by Crippen LogP contribution is 2.14. The Kier molecular flexibility index (Phi) is 10.9. The topological polar surface area (TPSA) is 65.4 Å². The number of nitrogens with zero attached hydrogens (tertiary/aromatic N) is 2. The van der Waals surface area contributed by atoms with Crippen molar-refractivity contribution in [3.8, 4) is 0 Å². The molecule has 0 aromatic heterocycles. The zero-order chi connectivity index (χ0) is 23.6. The smallest absolute Gasteiger partial charge is 0.0900 e. The Morgan fingerprint density at radius 1 is 0.818 bits per heavy atom. The van der Waals surface area contributed by atoms with Gasteiger partial charge in [-0.3, -0.25) is 9.80 Å². The number of rotatable bonds is 12. The van der Waals surface area contributed by atoms with Gasteiger partial charge in [-0.25, -0.2) is 0 Å². The van der Waals surface area contributed by atoms with Gasteiger partial charge in [-0.1, -0.05) is 47.5 Å². The highest BCUT2D eigenvalue weighted by Gasteiger charge is 2.26. The molecule has 0 bridgehead atoms. The number of piperazine rings is 1. The van der Waals surface area contributed by atoms with Gasteiger partial charge < -0.3 is 19.7 Å². The molecular formula is C25H34Cl2N2O4. The molecule has 2 aromatic carbocycles. The Bertz CT molecular complexity index is 822. The first-order valence-electron chi connectivity index (χ1n) is 11.4. The Labute approximate surface area is 206 Å². The van der Waals surface area contributed by atoms with E-state index in [0.717, 1.165) is 30.8 Å². The zero-order valence-corrected chi connectivity index (χ0v) is 20.6. The summed E-state index contributed by atoms with van der Waals surface area (Å²) >= 11 is 11.8. The van der Waals surface area contributed by atoms with Crippen molar-refractivity contribution in [3.63, 3.8) is 0 Å². The molecule has 0 unspecified atom stereocenters. The number of benzene rings is 2. The van der Waals surface area contributed by atoms with Gasteiger partial charge >= 0.3 is 0 Å². The number of aliphatic hydroxyl groups excluding tert-OH is 2. The molecule has 1 aliphatic rings. The van der Waals surface area contributed by atoms with E-state index in [1.165, 1.54) is 0 Å². The largest absolute Gasteiger partial charge is 0.389 e. The monoisotopic (exact) mass is 496 g/mol. The maximum Gasteiger partial charge on any atom is 0.0900 e. The van der Waals surface area contributed by atoms with Crippen LogP contribution >= 0.6 is 23.2 Å². The number of aliphatic hydroxyl groups is 2. The average molecular weight is 497 g/mol. The van der Waals surface area contributed by atoms with Crippen molar-refractivity contribution in [2.24, 2.45) is 0 Å². The third-order valence-corrected chi connectivity index (χ3v) is 6.25. The van der Waals surface area contributed by atoms with E-state index in [0.29, 0.717) is 49.6 Å². The van der Waals surface area contributed by atoms with Crippen LogP contribution in [-0.2, 0) is 22.7 Å². The first-order valence-corrected chi connectivity index (χ1v) is 12.1. The van der Waals surface area contributed by atoms with Crippen LogP contribution in [0.25, 0.3) is 0 Å². The van der Waals surface area contributed by atoms with Gasteiger partial charge in [0.25, 0.3) is 0 Å². The summed E-state index contributed by atoms with van der Waals surface area (Å²) in [5, 5.41) is 22.2. The van der Waals surface area contributed by atoms with E-state index in [2.05, 4.69) is 16.7 Å². The SMILES string of the molecule is C[C@@H]1CN(C[C@H](O)COCc2ccc(Cl)cc2)CCN1C[C@@H](O)COCc1ccc(Cl)cc1. The summed E-state index contributed by atoms with van der Waals surface area (Å²) in [7, 11) is 0. The van der Waals surface area contributed by atoms with Crippen LogP contribution in [0.15, 0.2) is 48.5 Å². The van der Waals surface area contributed by atoms with E-state index < -0.39 is 12.2 Å². The highest BCUT2D eigenvalue weighted by molar-refractivity contribution is 6.30. The van der Waals surface area contributed by atoms with E-state index in [9.17, 15) is 10.2 Å². The molecule has 0 amide bonds. The van der Waals surface area contributed by atoms with Crippen molar-refractivity contribution in [2.75, 3.05) is 45.9 Å². The van der Waals surface area contributed by atoms with Gasteiger partial charge in [0.15, 0.2) is 0 Å². The molecule has 6 nitrogen and oxygen atoms in total. The molecule has 0 radical (unpaired) electrons. The Morgan fingerprint density at radius 3 is 1.79 bits per heavy atom. The molecule has 0 aliphatic carbocycles. The maximum atomic E-state index is 10.4. The second kappa shape index (κ2) is 13.6. The number of ether oxygens (including phenoxy) is 2. The van der Waals surface area contributed by atoms with Crippen molar-refractivity contribution >= 4 is 23.2 Å². The van der Waals surface area contributed by atoms with E-state index in [1.807, 2.05) is 48.5 Å². The molecule has 1 aliphatic heterocycles. The quantitative estimate of drug-likeness (QED) is 0.469. The second-order valence-corrected chi connectivity index (χ2v) is 9.57. The van der Waals surface area contributed by atoms with Crippen molar-refractivity contribution in [2.45, 2.75) is 38.4 Å². The summed E-state index contributed by atoms with van der Waals surface area (Å²) in [5.41, 5.74) is 2.06. The van der Waals surface area contributed by atoms with Gasteiger partial charge in [0.05, 0.1) is 38.6 Å². The molecule has 0 saturated carbocycles. The van der Waals surface area contributed by atoms with E-state index in [-0.39, 0.29) is 6.04 Å². The van der Waals surface area contributed by atoms with Gasteiger partial charge in [0.2, 0.25) is 0 Å². The van der Waals surface area contributed by atoms with E-state index in [1.54, 1.807) is 0 Å². The lowest BCUT2D eigenvalue weighted by molar-refractivity contribution is -0.0264. The van der Waals surface area contributed by atoms with Gasteiger partial charge in [0.1, 0.15) is 0 Å². The molecule has 33 heavy (non-hydrogen) atoms. The fourth-order valence-corrected chi connectivity index (χ4v) is 4.22. The zero-order valence-electron chi connectivity index (χ0n) is 19.1. The summed E-state index contributed by atoms with van der Waals surface area (Å²) in [6.45, 7) is 7.31. The summed E-state index contributed by atoms with van der Waals surface area (Å²) in [6, 6.07) is 15.3. The molecule has 2 aromatic rings. The Balaban J connectivity index is 1.29. The fraction of sp³-hybridized carbons (Fsp3) is 0.520. The molecule has 3 rings (SSSR count). The van der Waals surface area contributed by atoms with Gasteiger partial charge in [-0.15, -0.1) is 0 Å². The minimum atomic E-state index is -0.543. The van der Waals surface area contributed by atoms with Crippen molar-refractivity contribution < 1.29 is 19.7 Å². The molecule has 8 heteroatoms. The minimum absolute atomic E-state index is 0.284. The van der Waals surface area contributed by atoms with Crippen molar-refractivity contribution in [1.29, 1.82) is 0 Å². The van der Waals surface area contributed by atoms with Crippen LogP contribution in [0.3, 0.4) is 0 Å². The number of hydrogen-bond donors (Lipinski definition) is 2. The van der Waals surface area contributed by atoms with Gasteiger partial charge in [0, 0.05) is 48.8 Å². The summed E-state index contributed by atoms with van der Waals surface area (Å²) in [4.78, 5) is 4.52. The van der Waals surface area contributed by atoms with Gasteiger partial charge in [-0.05, 0) is 42.3 Å². The van der Waals surface area contributed by atoms with Crippen LogP contribution in [-0.4, -0.2) is 84.2 Å². The summed E-state index contributed by atoms with van der Waals surface area (Å²) in [6.07, 6.45) is -1.08. The predicted molar refractivity (Wildman–Crippen MR) is 132 cm³/mol.